The minimum Gasteiger partial charge on any atom is -0.506 e. The van der Waals surface area contributed by atoms with Crippen LogP contribution in [0.1, 0.15) is 5.56 Å². The van der Waals surface area contributed by atoms with E-state index in [4.69, 9.17) is 12.2 Å². The van der Waals surface area contributed by atoms with Gasteiger partial charge in [0.05, 0.1) is 8.48 Å². The van der Waals surface area contributed by atoms with Crippen LogP contribution in [0.25, 0.3) is 6.08 Å². The molecule has 1 aromatic carbocycles. The zero-order valence-corrected chi connectivity index (χ0v) is 16.0. The molecule has 1 amide bonds. The number of aromatic hydroxyl groups is 1. The minimum absolute atomic E-state index is 0.145. The maximum absolute atomic E-state index is 12.2. The van der Waals surface area contributed by atoms with E-state index < -0.39 is 0 Å². The lowest BCUT2D eigenvalue weighted by molar-refractivity contribution is -0.121. The topological polar surface area (TPSA) is 40.5 Å². The van der Waals surface area contributed by atoms with E-state index in [2.05, 4.69) is 51.8 Å². The summed E-state index contributed by atoms with van der Waals surface area (Å²) in [7, 11) is 0. The molecular weight excluding hydrogens is 520 g/mol. The summed E-state index contributed by atoms with van der Waals surface area (Å²) >= 11 is 10.7. The number of rotatable bonds is 3. The Bertz CT molecular complexity index is 644. The molecule has 1 N–H and O–H groups in total. The van der Waals surface area contributed by atoms with Gasteiger partial charge in [-0.25, -0.2) is 0 Å². The van der Waals surface area contributed by atoms with Crippen molar-refractivity contribution in [2.45, 2.75) is 0 Å². The second-order valence-corrected chi connectivity index (χ2v) is 7.99. The van der Waals surface area contributed by atoms with Crippen LogP contribution >= 0.6 is 69.2 Å². The summed E-state index contributed by atoms with van der Waals surface area (Å²) in [5.74, 6) is 0.0353. The molecule has 7 heteroatoms. The molecule has 1 fully saturated rings. The van der Waals surface area contributed by atoms with Gasteiger partial charge in [-0.1, -0.05) is 30.1 Å². The van der Waals surface area contributed by atoms with Gasteiger partial charge in [0.15, 0.2) is 0 Å². The molecule has 0 aromatic heterocycles. The highest BCUT2D eigenvalue weighted by molar-refractivity contribution is 14.1. The lowest BCUT2D eigenvalue weighted by Gasteiger charge is -2.10. The molecule has 3 nitrogen and oxygen atoms in total. The number of thioether (sulfide) groups is 1. The molecule has 0 saturated carbocycles. The molecular formula is C13H9I2NO2S2. The van der Waals surface area contributed by atoms with Crippen molar-refractivity contribution in [3.05, 3.63) is 42.4 Å². The maximum Gasteiger partial charge on any atom is 0.266 e. The van der Waals surface area contributed by atoms with Crippen LogP contribution in [0.4, 0.5) is 0 Å². The molecule has 0 aliphatic carbocycles. The fourth-order valence-electron chi connectivity index (χ4n) is 1.62. The SMILES string of the molecule is C=CCN1C(=O)/C(=C\c2cc(I)cc(I)c2O)SC1=S. The number of halogens is 2. The molecule has 1 saturated heterocycles. The van der Waals surface area contributed by atoms with Crippen LogP contribution in [0, 0.1) is 7.14 Å². The molecule has 20 heavy (non-hydrogen) atoms. The van der Waals surface area contributed by atoms with Crippen molar-refractivity contribution in [3.8, 4) is 5.75 Å². The number of thiocarbonyl (C=S) groups is 1. The van der Waals surface area contributed by atoms with Gasteiger partial charge in [-0.15, -0.1) is 6.58 Å². The number of carbonyl (C=O) groups is 1. The van der Waals surface area contributed by atoms with Crippen LogP contribution in [0.5, 0.6) is 5.75 Å². The Kier molecular flexibility index (Phi) is 5.49. The maximum atomic E-state index is 12.2. The number of benzene rings is 1. The molecule has 1 aliphatic rings. The summed E-state index contributed by atoms with van der Waals surface area (Å²) in [6, 6.07) is 3.70. The second kappa shape index (κ2) is 6.75. The third-order valence-electron chi connectivity index (χ3n) is 2.53. The van der Waals surface area contributed by atoms with Crippen molar-refractivity contribution in [3.63, 3.8) is 0 Å². The number of phenolic OH excluding ortho intramolecular Hbond substituents is 1. The average Bonchev–Trinajstić information content (AvgIpc) is 2.63. The standard InChI is InChI=1S/C13H9I2NO2S2/c1-2-3-16-12(18)10(20-13(16)19)5-7-4-8(14)6-9(15)11(7)17/h2,4-6,17H,1,3H2/b10-5+. The molecule has 0 radical (unpaired) electrons. The van der Waals surface area contributed by atoms with Crippen LogP contribution in [0.15, 0.2) is 29.7 Å². The lowest BCUT2D eigenvalue weighted by atomic mass is 10.2. The predicted octanol–water partition coefficient (Wildman–Crippen LogP) is 3.99. The lowest BCUT2D eigenvalue weighted by Crippen LogP contribution is -2.27. The van der Waals surface area contributed by atoms with Crippen LogP contribution in [0.3, 0.4) is 0 Å². The summed E-state index contributed by atoms with van der Waals surface area (Å²) in [4.78, 5) is 14.2. The molecule has 0 spiro atoms. The van der Waals surface area contributed by atoms with Gasteiger partial charge in [-0.05, 0) is 63.4 Å². The largest absolute Gasteiger partial charge is 0.506 e. The number of amides is 1. The van der Waals surface area contributed by atoms with Crippen molar-refractivity contribution in [1.82, 2.24) is 4.90 Å². The first-order valence-electron chi connectivity index (χ1n) is 5.48. The van der Waals surface area contributed by atoms with Crippen molar-refractivity contribution in [2.24, 2.45) is 0 Å². The van der Waals surface area contributed by atoms with Gasteiger partial charge in [-0.3, -0.25) is 9.69 Å². The Morgan fingerprint density at radius 2 is 2.15 bits per heavy atom. The fourth-order valence-corrected chi connectivity index (χ4v) is 4.78. The van der Waals surface area contributed by atoms with Gasteiger partial charge in [0.1, 0.15) is 10.1 Å². The summed E-state index contributed by atoms with van der Waals surface area (Å²) in [5.41, 5.74) is 0.625. The first-order chi connectivity index (χ1) is 9.43. The third kappa shape index (κ3) is 3.37. The first kappa shape index (κ1) is 16.2. The minimum atomic E-state index is -0.145. The van der Waals surface area contributed by atoms with Crippen molar-refractivity contribution < 1.29 is 9.90 Å². The third-order valence-corrected chi connectivity index (χ3v) is 5.35. The van der Waals surface area contributed by atoms with Crippen LogP contribution in [-0.4, -0.2) is 26.8 Å². The van der Waals surface area contributed by atoms with E-state index in [1.807, 2.05) is 12.1 Å². The normalized spacial score (nSPS) is 17.1. The van der Waals surface area contributed by atoms with Crippen LogP contribution < -0.4 is 0 Å². The number of nitrogens with zero attached hydrogens (tertiary/aromatic N) is 1. The number of phenols is 1. The van der Waals surface area contributed by atoms with E-state index in [-0.39, 0.29) is 11.7 Å². The molecule has 0 bridgehead atoms. The van der Waals surface area contributed by atoms with E-state index in [0.29, 0.717) is 21.3 Å². The molecule has 1 heterocycles. The molecule has 1 aliphatic heterocycles. The van der Waals surface area contributed by atoms with Crippen molar-refractivity contribution >= 4 is 85.5 Å². The van der Waals surface area contributed by atoms with Gasteiger partial charge in [0.25, 0.3) is 5.91 Å². The highest BCUT2D eigenvalue weighted by atomic mass is 127. The first-order valence-corrected chi connectivity index (χ1v) is 8.86. The van der Waals surface area contributed by atoms with E-state index in [9.17, 15) is 9.90 Å². The summed E-state index contributed by atoms with van der Waals surface area (Å²) < 4.78 is 2.26. The molecule has 1 aromatic rings. The second-order valence-electron chi connectivity index (χ2n) is 3.91. The summed E-state index contributed by atoms with van der Waals surface area (Å²) in [5, 5.41) is 10.1. The Balaban J connectivity index is 2.40. The summed E-state index contributed by atoms with van der Waals surface area (Å²) in [6.07, 6.45) is 3.32. The fraction of sp³-hybridized carbons (Fsp3) is 0.0769. The number of hydrogen-bond acceptors (Lipinski definition) is 4. The quantitative estimate of drug-likeness (QED) is 0.279. The number of carbonyl (C=O) groups excluding carboxylic acids is 1. The van der Waals surface area contributed by atoms with Gasteiger partial charge in [0.2, 0.25) is 0 Å². The van der Waals surface area contributed by atoms with Crippen LogP contribution in [0.2, 0.25) is 0 Å². The number of hydrogen-bond donors (Lipinski definition) is 1. The van der Waals surface area contributed by atoms with E-state index >= 15 is 0 Å². The highest BCUT2D eigenvalue weighted by Crippen LogP contribution is 2.35. The summed E-state index contributed by atoms with van der Waals surface area (Å²) in [6.45, 7) is 4.02. The molecule has 104 valence electrons. The Morgan fingerprint density at radius 1 is 1.45 bits per heavy atom. The van der Waals surface area contributed by atoms with Gasteiger partial charge in [-0.2, -0.15) is 0 Å². The van der Waals surface area contributed by atoms with Crippen molar-refractivity contribution in [2.75, 3.05) is 6.54 Å². The monoisotopic (exact) mass is 529 g/mol. The molecule has 0 unspecified atom stereocenters. The van der Waals surface area contributed by atoms with E-state index in [1.165, 1.54) is 16.7 Å². The van der Waals surface area contributed by atoms with Crippen LogP contribution in [-0.2, 0) is 4.79 Å². The Labute approximate surface area is 153 Å². The Morgan fingerprint density at radius 3 is 2.80 bits per heavy atom. The van der Waals surface area contributed by atoms with Gasteiger partial charge in [0, 0.05) is 15.7 Å². The zero-order valence-electron chi connectivity index (χ0n) is 10.1. The zero-order chi connectivity index (χ0) is 14.9. The van der Waals surface area contributed by atoms with Crippen molar-refractivity contribution in [1.29, 1.82) is 0 Å². The predicted molar refractivity (Wildman–Crippen MR) is 104 cm³/mol. The van der Waals surface area contributed by atoms with Gasteiger partial charge >= 0.3 is 0 Å². The highest BCUT2D eigenvalue weighted by Gasteiger charge is 2.31. The molecule has 2 rings (SSSR count). The Hall–Kier alpha value is -0.130. The van der Waals surface area contributed by atoms with E-state index in [1.54, 1.807) is 12.2 Å². The average molecular weight is 529 g/mol. The molecule has 0 atom stereocenters. The van der Waals surface area contributed by atoms with Gasteiger partial charge < -0.3 is 5.11 Å². The van der Waals surface area contributed by atoms with E-state index in [0.717, 1.165) is 7.14 Å². The smallest absolute Gasteiger partial charge is 0.266 e.